The molecule has 5 N–H and O–H groups in total. The van der Waals surface area contributed by atoms with E-state index in [4.69, 9.17) is 60.5 Å². The molecular weight excluding hydrogens is 573 g/mol. The average Bonchev–Trinajstić information content (AvgIpc) is 2.96. The van der Waals surface area contributed by atoms with Crippen LogP contribution in [0.4, 0.5) is 0 Å². The third kappa shape index (κ3) is 8.63. The SMILES string of the molecule is COc1cc(C=N)cc(-c2ccccc2)c1OCCNCc1ccc(Cl)c(Cl)c1.NC(=O)c1ccc(O)c(Cl)c1. The number of benzene rings is 4. The van der Waals surface area contributed by atoms with Gasteiger partial charge < -0.3 is 31.0 Å². The van der Waals surface area contributed by atoms with E-state index in [1.54, 1.807) is 19.2 Å². The molecule has 0 spiro atoms. The first-order chi connectivity index (χ1) is 19.2. The van der Waals surface area contributed by atoms with E-state index in [1.165, 1.54) is 24.4 Å². The number of hydrogen-bond acceptors (Lipinski definition) is 6. The Hall–Kier alpha value is -3.75. The molecule has 0 fully saturated rings. The van der Waals surface area contributed by atoms with Gasteiger partial charge in [-0.1, -0.05) is 71.2 Å². The zero-order chi connectivity index (χ0) is 29.1. The molecule has 0 saturated carbocycles. The number of halogens is 3. The Morgan fingerprint density at radius 2 is 1.73 bits per heavy atom. The van der Waals surface area contributed by atoms with Crippen LogP contribution in [0, 0.1) is 5.41 Å². The van der Waals surface area contributed by atoms with Crippen molar-refractivity contribution in [3.8, 4) is 28.4 Å². The molecule has 0 aliphatic carbocycles. The molecule has 10 heteroatoms. The van der Waals surface area contributed by atoms with Crippen LogP contribution >= 0.6 is 34.8 Å². The summed E-state index contributed by atoms with van der Waals surface area (Å²) < 4.78 is 11.6. The number of methoxy groups -OCH3 is 1. The van der Waals surface area contributed by atoms with Gasteiger partial charge in [0.15, 0.2) is 11.5 Å². The molecule has 208 valence electrons. The number of carbonyl (C=O) groups excluding carboxylic acids is 1. The van der Waals surface area contributed by atoms with Gasteiger partial charge in [0.25, 0.3) is 0 Å². The number of carbonyl (C=O) groups is 1. The van der Waals surface area contributed by atoms with Crippen LogP contribution in [0.1, 0.15) is 21.5 Å². The second kappa shape index (κ2) is 15.1. The third-order valence-electron chi connectivity index (χ3n) is 5.62. The highest BCUT2D eigenvalue weighted by atomic mass is 35.5. The predicted octanol–water partition coefficient (Wildman–Crippen LogP) is 6.98. The Kier molecular flexibility index (Phi) is 11.7. The van der Waals surface area contributed by atoms with E-state index in [1.807, 2.05) is 48.5 Å². The number of phenols is 1. The second-order valence-electron chi connectivity index (χ2n) is 8.41. The van der Waals surface area contributed by atoms with E-state index >= 15 is 0 Å². The van der Waals surface area contributed by atoms with Gasteiger partial charge in [-0.3, -0.25) is 4.79 Å². The summed E-state index contributed by atoms with van der Waals surface area (Å²) in [7, 11) is 1.60. The molecule has 0 unspecified atom stereocenters. The van der Waals surface area contributed by atoms with Crippen LogP contribution in [0.5, 0.6) is 17.2 Å². The second-order valence-corrected chi connectivity index (χ2v) is 9.64. The van der Waals surface area contributed by atoms with Crippen LogP contribution in [0.25, 0.3) is 11.1 Å². The van der Waals surface area contributed by atoms with Crippen molar-refractivity contribution in [2.75, 3.05) is 20.3 Å². The number of ether oxygens (including phenoxy) is 2. The Morgan fingerprint density at radius 1 is 0.975 bits per heavy atom. The van der Waals surface area contributed by atoms with Crippen LogP contribution in [0.15, 0.2) is 78.9 Å². The number of rotatable bonds is 10. The molecule has 0 heterocycles. The van der Waals surface area contributed by atoms with Crippen LogP contribution in [-0.2, 0) is 6.54 Å². The van der Waals surface area contributed by atoms with Gasteiger partial charge in [0.1, 0.15) is 12.4 Å². The lowest BCUT2D eigenvalue weighted by atomic mass is 10.0. The molecule has 0 atom stereocenters. The fourth-order valence-electron chi connectivity index (χ4n) is 3.61. The summed E-state index contributed by atoms with van der Waals surface area (Å²) in [6.45, 7) is 1.76. The molecule has 0 aliphatic heterocycles. The van der Waals surface area contributed by atoms with Crippen molar-refractivity contribution in [2.45, 2.75) is 6.54 Å². The number of primary amides is 1. The molecule has 0 saturated heterocycles. The van der Waals surface area contributed by atoms with Gasteiger partial charge >= 0.3 is 0 Å². The number of nitrogens with two attached hydrogens (primary N) is 1. The van der Waals surface area contributed by atoms with Gasteiger partial charge in [-0.05, 0) is 59.2 Å². The summed E-state index contributed by atoms with van der Waals surface area (Å²) in [5, 5.41) is 21.1. The van der Waals surface area contributed by atoms with Gasteiger partial charge in [0, 0.05) is 30.4 Å². The Labute approximate surface area is 247 Å². The molecule has 4 rings (SSSR count). The lowest BCUT2D eigenvalue weighted by Crippen LogP contribution is -2.21. The van der Waals surface area contributed by atoms with E-state index in [9.17, 15) is 4.79 Å². The van der Waals surface area contributed by atoms with Gasteiger partial charge in [-0.15, -0.1) is 0 Å². The normalized spacial score (nSPS) is 10.3. The van der Waals surface area contributed by atoms with Crippen molar-refractivity contribution >= 4 is 46.9 Å². The van der Waals surface area contributed by atoms with Crippen molar-refractivity contribution in [3.05, 3.63) is 111 Å². The predicted molar refractivity (Wildman–Crippen MR) is 162 cm³/mol. The summed E-state index contributed by atoms with van der Waals surface area (Å²) in [4.78, 5) is 10.5. The van der Waals surface area contributed by atoms with Crippen LogP contribution in [-0.4, -0.2) is 37.5 Å². The minimum atomic E-state index is -0.563. The van der Waals surface area contributed by atoms with E-state index in [2.05, 4.69) is 5.32 Å². The molecule has 0 aliphatic rings. The van der Waals surface area contributed by atoms with Gasteiger partial charge in [0.2, 0.25) is 5.91 Å². The first kappa shape index (κ1) is 30.8. The molecule has 7 nitrogen and oxygen atoms in total. The maximum Gasteiger partial charge on any atom is 0.248 e. The Morgan fingerprint density at radius 3 is 2.35 bits per heavy atom. The van der Waals surface area contributed by atoms with Crippen molar-refractivity contribution < 1.29 is 19.4 Å². The molecular formula is C30H28Cl3N3O4. The van der Waals surface area contributed by atoms with Gasteiger partial charge in [-0.2, -0.15) is 0 Å². The van der Waals surface area contributed by atoms with E-state index in [0.717, 1.165) is 22.3 Å². The first-order valence-corrected chi connectivity index (χ1v) is 13.2. The van der Waals surface area contributed by atoms with Crippen molar-refractivity contribution in [1.82, 2.24) is 5.32 Å². The monoisotopic (exact) mass is 599 g/mol. The average molecular weight is 601 g/mol. The maximum absolute atomic E-state index is 10.5. The van der Waals surface area contributed by atoms with Crippen LogP contribution in [0.3, 0.4) is 0 Å². The minimum Gasteiger partial charge on any atom is -0.506 e. The van der Waals surface area contributed by atoms with Gasteiger partial charge in [0.05, 0.1) is 22.2 Å². The molecule has 4 aromatic carbocycles. The quantitative estimate of drug-likeness (QED) is 0.116. The summed E-state index contributed by atoms with van der Waals surface area (Å²) in [6, 6.07) is 23.3. The summed E-state index contributed by atoms with van der Waals surface area (Å²) in [5.41, 5.74) is 8.95. The maximum atomic E-state index is 10.5. The molecule has 1 amide bonds. The standard InChI is InChI=1S/C23H22Cl2N2O2.C7H6ClNO2/c1-28-22-13-17(14-26)11-19(18-5-3-2-4-6-18)23(22)29-10-9-27-15-16-7-8-20(24)21(25)12-16;8-5-3-4(7(9)11)1-2-6(5)10/h2-8,11-14,26-27H,9-10,15H2,1H3;1-3,10H,(H2,9,11). The fraction of sp³-hybridized carbons (Fsp3) is 0.133. The van der Waals surface area contributed by atoms with E-state index < -0.39 is 5.91 Å². The highest BCUT2D eigenvalue weighted by molar-refractivity contribution is 6.42. The van der Waals surface area contributed by atoms with Crippen LogP contribution in [0.2, 0.25) is 15.1 Å². The number of hydrogen-bond donors (Lipinski definition) is 4. The molecule has 4 aromatic rings. The molecule has 40 heavy (non-hydrogen) atoms. The molecule has 0 aromatic heterocycles. The minimum absolute atomic E-state index is 0.0586. The Balaban J connectivity index is 0.000000336. The smallest absolute Gasteiger partial charge is 0.248 e. The van der Waals surface area contributed by atoms with Crippen molar-refractivity contribution in [2.24, 2.45) is 5.73 Å². The first-order valence-electron chi connectivity index (χ1n) is 12.1. The van der Waals surface area contributed by atoms with E-state index in [0.29, 0.717) is 41.2 Å². The van der Waals surface area contributed by atoms with E-state index in [-0.39, 0.29) is 16.3 Å². The summed E-state index contributed by atoms with van der Waals surface area (Å²) in [6.07, 6.45) is 1.30. The highest BCUT2D eigenvalue weighted by Gasteiger charge is 2.14. The lowest BCUT2D eigenvalue weighted by Gasteiger charge is -2.17. The Bertz CT molecular complexity index is 1470. The number of amides is 1. The number of aromatic hydroxyl groups is 1. The number of nitrogens with one attached hydrogen (secondary N) is 2. The highest BCUT2D eigenvalue weighted by Crippen LogP contribution is 2.39. The largest absolute Gasteiger partial charge is 0.506 e. The van der Waals surface area contributed by atoms with Crippen LogP contribution < -0.4 is 20.5 Å². The summed E-state index contributed by atoms with van der Waals surface area (Å²) in [5.74, 6) is 0.651. The zero-order valence-corrected chi connectivity index (χ0v) is 23.9. The topological polar surface area (TPSA) is 118 Å². The van der Waals surface area contributed by atoms with Gasteiger partial charge in [-0.25, -0.2) is 0 Å². The molecule has 0 bridgehead atoms. The lowest BCUT2D eigenvalue weighted by molar-refractivity contribution is 0.100. The zero-order valence-electron chi connectivity index (χ0n) is 21.6. The van der Waals surface area contributed by atoms with Crippen molar-refractivity contribution in [3.63, 3.8) is 0 Å². The van der Waals surface area contributed by atoms with Crippen molar-refractivity contribution in [1.29, 1.82) is 5.41 Å². The summed E-state index contributed by atoms with van der Waals surface area (Å²) >= 11 is 17.5. The third-order valence-corrected chi connectivity index (χ3v) is 6.66. The fourth-order valence-corrected chi connectivity index (χ4v) is 4.11. The number of phenolic OH excluding ortho intramolecular Hbond substituents is 1. The molecule has 0 radical (unpaired) electrons.